The highest BCUT2D eigenvalue weighted by Gasteiger charge is 2.12. The quantitative estimate of drug-likeness (QED) is 0.660. The Balaban J connectivity index is 2.08. The Labute approximate surface area is 128 Å². The minimum atomic E-state index is -0.851. The molecule has 0 aliphatic rings. The first-order chi connectivity index (χ1) is 10.1. The zero-order chi connectivity index (χ0) is 15.2. The lowest BCUT2D eigenvalue weighted by molar-refractivity contribution is 0.317. The van der Waals surface area contributed by atoms with E-state index in [1.807, 2.05) is 31.2 Å². The van der Waals surface area contributed by atoms with Crippen LogP contribution in [-0.4, -0.2) is 6.61 Å². The number of ether oxygens (including phenoxy) is 1. The molecule has 0 heterocycles. The monoisotopic (exact) mass is 310 g/mol. The first-order valence-electron chi connectivity index (χ1n) is 6.91. The fraction of sp³-hybridized carbons (Fsp3) is 0.294. The molecule has 1 unspecified atom stereocenters. The standard InChI is InChI=1S/C17H17ClF2O/c1-2-8-21-14-5-3-4-13(11-14)15(18)9-12-6-7-16(19)17(20)10-12/h3-7,10-11,15H,2,8-9H2,1H3. The first kappa shape index (κ1) is 15.8. The number of rotatable bonds is 6. The van der Waals surface area contributed by atoms with Crippen LogP contribution in [0.5, 0.6) is 5.75 Å². The SMILES string of the molecule is CCCOc1cccc(C(Cl)Cc2ccc(F)c(F)c2)c1. The van der Waals surface area contributed by atoms with E-state index < -0.39 is 11.6 Å². The van der Waals surface area contributed by atoms with Crippen molar-refractivity contribution in [2.45, 2.75) is 25.1 Å². The Morgan fingerprint density at radius 2 is 1.90 bits per heavy atom. The Morgan fingerprint density at radius 3 is 2.62 bits per heavy atom. The molecule has 2 rings (SSSR count). The highest BCUT2D eigenvalue weighted by atomic mass is 35.5. The summed E-state index contributed by atoms with van der Waals surface area (Å²) in [5.74, 6) is -0.929. The van der Waals surface area contributed by atoms with Crippen LogP contribution >= 0.6 is 11.6 Å². The van der Waals surface area contributed by atoms with Gasteiger partial charge in [-0.05, 0) is 48.2 Å². The highest BCUT2D eigenvalue weighted by Crippen LogP contribution is 2.28. The second-order valence-electron chi connectivity index (χ2n) is 4.84. The second-order valence-corrected chi connectivity index (χ2v) is 5.37. The number of hydrogen-bond acceptors (Lipinski definition) is 1. The summed E-state index contributed by atoms with van der Waals surface area (Å²) in [7, 11) is 0. The van der Waals surface area contributed by atoms with Crippen molar-refractivity contribution in [3.05, 3.63) is 65.2 Å². The summed E-state index contributed by atoms with van der Waals surface area (Å²) < 4.78 is 31.7. The van der Waals surface area contributed by atoms with Crippen LogP contribution in [0.3, 0.4) is 0 Å². The molecule has 4 heteroatoms. The summed E-state index contributed by atoms with van der Waals surface area (Å²) in [6.07, 6.45) is 1.36. The molecular weight excluding hydrogens is 294 g/mol. The minimum absolute atomic E-state index is 0.319. The van der Waals surface area contributed by atoms with E-state index in [1.165, 1.54) is 6.07 Å². The van der Waals surface area contributed by atoms with Crippen molar-refractivity contribution in [3.8, 4) is 5.75 Å². The van der Waals surface area contributed by atoms with Crippen LogP contribution in [0.4, 0.5) is 8.78 Å². The lowest BCUT2D eigenvalue weighted by atomic mass is 10.0. The number of benzene rings is 2. The predicted molar refractivity (Wildman–Crippen MR) is 80.9 cm³/mol. The fourth-order valence-electron chi connectivity index (χ4n) is 2.01. The third-order valence-corrected chi connectivity index (χ3v) is 3.50. The molecule has 0 saturated carbocycles. The summed E-state index contributed by atoms with van der Waals surface area (Å²) in [6.45, 7) is 2.69. The Morgan fingerprint density at radius 1 is 1.10 bits per heavy atom. The van der Waals surface area contributed by atoms with Crippen LogP contribution in [0.1, 0.15) is 29.8 Å². The third-order valence-electron chi connectivity index (χ3n) is 3.09. The zero-order valence-corrected chi connectivity index (χ0v) is 12.5. The molecule has 0 amide bonds. The summed E-state index contributed by atoms with van der Waals surface area (Å²) in [4.78, 5) is 0. The summed E-state index contributed by atoms with van der Waals surface area (Å²) in [6, 6.07) is 11.4. The average Bonchev–Trinajstić information content (AvgIpc) is 2.49. The van der Waals surface area contributed by atoms with Crippen molar-refractivity contribution in [1.29, 1.82) is 0 Å². The molecule has 0 bridgehead atoms. The van der Waals surface area contributed by atoms with E-state index in [9.17, 15) is 8.78 Å². The van der Waals surface area contributed by atoms with Gasteiger partial charge >= 0.3 is 0 Å². The number of halogens is 3. The van der Waals surface area contributed by atoms with Gasteiger partial charge in [-0.2, -0.15) is 0 Å². The lowest BCUT2D eigenvalue weighted by Crippen LogP contribution is -1.99. The molecule has 0 aliphatic carbocycles. The first-order valence-corrected chi connectivity index (χ1v) is 7.34. The van der Waals surface area contributed by atoms with E-state index in [0.29, 0.717) is 18.6 Å². The molecular formula is C17H17ClF2O. The van der Waals surface area contributed by atoms with Crippen LogP contribution in [0.25, 0.3) is 0 Å². The van der Waals surface area contributed by atoms with Crippen molar-refractivity contribution in [1.82, 2.24) is 0 Å². The molecule has 2 aromatic carbocycles. The largest absolute Gasteiger partial charge is 0.494 e. The van der Waals surface area contributed by atoms with Crippen molar-refractivity contribution in [3.63, 3.8) is 0 Å². The highest BCUT2D eigenvalue weighted by molar-refractivity contribution is 6.20. The summed E-state index contributed by atoms with van der Waals surface area (Å²) in [5.41, 5.74) is 1.56. The van der Waals surface area contributed by atoms with Gasteiger partial charge in [-0.3, -0.25) is 0 Å². The lowest BCUT2D eigenvalue weighted by Gasteiger charge is -2.12. The van der Waals surface area contributed by atoms with Gasteiger partial charge in [-0.15, -0.1) is 11.6 Å². The Kier molecular flexibility index (Phi) is 5.57. The molecule has 2 aromatic rings. The van der Waals surface area contributed by atoms with Gasteiger partial charge in [-0.25, -0.2) is 8.78 Å². The molecule has 112 valence electrons. The summed E-state index contributed by atoms with van der Waals surface area (Å²) in [5, 5.41) is -0.319. The predicted octanol–water partition coefficient (Wildman–Crippen LogP) is 5.28. The van der Waals surface area contributed by atoms with Crippen molar-refractivity contribution < 1.29 is 13.5 Å². The maximum atomic E-state index is 13.2. The molecule has 1 nitrogen and oxygen atoms in total. The number of hydrogen-bond donors (Lipinski definition) is 0. The smallest absolute Gasteiger partial charge is 0.159 e. The molecule has 0 saturated heterocycles. The van der Waals surface area contributed by atoms with Crippen LogP contribution in [-0.2, 0) is 6.42 Å². The topological polar surface area (TPSA) is 9.23 Å². The molecule has 0 aromatic heterocycles. The van der Waals surface area contributed by atoms with Crippen molar-refractivity contribution in [2.24, 2.45) is 0 Å². The zero-order valence-electron chi connectivity index (χ0n) is 11.8. The normalized spacial score (nSPS) is 12.2. The van der Waals surface area contributed by atoms with Gasteiger partial charge in [0.25, 0.3) is 0 Å². The van der Waals surface area contributed by atoms with Crippen LogP contribution < -0.4 is 4.74 Å². The Hall–Kier alpha value is -1.61. The van der Waals surface area contributed by atoms with Crippen LogP contribution in [0.15, 0.2) is 42.5 Å². The maximum absolute atomic E-state index is 13.2. The molecule has 0 aliphatic heterocycles. The Bertz CT molecular complexity index is 601. The van der Waals surface area contributed by atoms with Gasteiger partial charge in [0.15, 0.2) is 11.6 Å². The van der Waals surface area contributed by atoms with E-state index in [-0.39, 0.29) is 5.38 Å². The van der Waals surface area contributed by atoms with E-state index in [4.69, 9.17) is 16.3 Å². The minimum Gasteiger partial charge on any atom is -0.494 e. The molecule has 0 fully saturated rings. The van der Waals surface area contributed by atoms with E-state index in [0.717, 1.165) is 23.8 Å². The molecule has 21 heavy (non-hydrogen) atoms. The van der Waals surface area contributed by atoms with Gasteiger partial charge in [-0.1, -0.05) is 25.1 Å². The molecule has 0 spiro atoms. The third kappa shape index (κ3) is 4.43. The fourth-order valence-corrected chi connectivity index (χ4v) is 2.32. The van der Waals surface area contributed by atoms with Crippen LogP contribution in [0.2, 0.25) is 0 Å². The van der Waals surface area contributed by atoms with E-state index in [1.54, 1.807) is 6.07 Å². The summed E-state index contributed by atoms with van der Waals surface area (Å²) >= 11 is 6.37. The molecule has 1 atom stereocenters. The van der Waals surface area contributed by atoms with Gasteiger partial charge in [0, 0.05) is 0 Å². The van der Waals surface area contributed by atoms with E-state index in [2.05, 4.69) is 0 Å². The van der Waals surface area contributed by atoms with E-state index >= 15 is 0 Å². The van der Waals surface area contributed by atoms with Gasteiger partial charge in [0.2, 0.25) is 0 Å². The van der Waals surface area contributed by atoms with Crippen molar-refractivity contribution >= 4 is 11.6 Å². The second kappa shape index (κ2) is 7.41. The van der Waals surface area contributed by atoms with Gasteiger partial charge in [0.05, 0.1) is 12.0 Å². The molecule has 0 N–H and O–H groups in total. The maximum Gasteiger partial charge on any atom is 0.159 e. The van der Waals surface area contributed by atoms with Gasteiger partial charge in [0.1, 0.15) is 5.75 Å². The number of alkyl halides is 1. The van der Waals surface area contributed by atoms with Crippen molar-refractivity contribution in [2.75, 3.05) is 6.61 Å². The average molecular weight is 311 g/mol. The molecule has 0 radical (unpaired) electrons. The van der Waals surface area contributed by atoms with Gasteiger partial charge < -0.3 is 4.74 Å². The van der Waals surface area contributed by atoms with Crippen LogP contribution in [0, 0.1) is 11.6 Å².